The van der Waals surface area contributed by atoms with Crippen LogP contribution in [-0.4, -0.2) is 17.6 Å². The number of oxime groups is 1. The van der Waals surface area contributed by atoms with E-state index >= 15 is 0 Å². The van der Waals surface area contributed by atoms with Gasteiger partial charge in [-0.15, -0.1) is 0 Å². The van der Waals surface area contributed by atoms with Crippen LogP contribution in [0.15, 0.2) is 23.4 Å². The van der Waals surface area contributed by atoms with Crippen LogP contribution in [0.2, 0.25) is 5.02 Å². The van der Waals surface area contributed by atoms with Crippen LogP contribution in [0.4, 0.5) is 0 Å². The van der Waals surface area contributed by atoms with Crippen molar-refractivity contribution >= 4 is 17.4 Å². The number of unbranched alkanes of at least 4 members (excludes halogenated alkanes) is 5. The molecule has 3 N–H and O–H groups in total. The van der Waals surface area contributed by atoms with Gasteiger partial charge in [-0.05, 0) is 18.6 Å². The van der Waals surface area contributed by atoms with Crippen molar-refractivity contribution in [1.29, 1.82) is 0 Å². The van der Waals surface area contributed by atoms with E-state index in [9.17, 15) is 0 Å². The molecule has 20 heavy (non-hydrogen) atoms. The third-order valence-corrected chi connectivity index (χ3v) is 3.41. The Morgan fingerprint density at radius 1 is 1.25 bits per heavy atom. The molecule has 4 nitrogen and oxygen atoms in total. The van der Waals surface area contributed by atoms with Gasteiger partial charge in [-0.1, -0.05) is 61.9 Å². The van der Waals surface area contributed by atoms with E-state index in [1.165, 1.54) is 25.7 Å². The molecule has 0 saturated heterocycles. The zero-order chi connectivity index (χ0) is 14.8. The van der Waals surface area contributed by atoms with Gasteiger partial charge in [0.1, 0.15) is 5.75 Å². The highest BCUT2D eigenvalue weighted by molar-refractivity contribution is 6.34. The largest absolute Gasteiger partial charge is 0.493 e. The molecule has 0 aliphatic rings. The summed E-state index contributed by atoms with van der Waals surface area (Å²) >= 11 is 6.05. The molecule has 0 heterocycles. The molecule has 0 fully saturated rings. The van der Waals surface area contributed by atoms with Crippen molar-refractivity contribution in [3.05, 3.63) is 28.8 Å². The predicted octanol–water partition coefficient (Wildman–Crippen LogP) is 4.17. The summed E-state index contributed by atoms with van der Waals surface area (Å²) in [7, 11) is 0. The maximum atomic E-state index is 8.78. The van der Waals surface area contributed by atoms with E-state index in [1.807, 2.05) is 0 Å². The molecule has 1 rings (SSSR count). The number of nitrogens with two attached hydrogens (primary N) is 1. The molecule has 0 aliphatic heterocycles. The fourth-order valence-corrected chi connectivity index (χ4v) is 2.25. The fraction of sp³-hybridized carbons (Fsp3) is 0.533. The third kappa shape index (κ3) is 5.29. The van der Waals surface area contributed by atoms with Gasteiger partial charge in [0.2, 0.25) is 0 Å². The highest BCUT2D eigenvalue weighted by Crippen LogP contribution is 2.26. The number of halogens is 1. The molecule has 0 aromatic heterocycles. The second kappa shape index (κ2) is 9.48. The molecule has 1 aromatic rings. The summed E-state index contributed by atoms with van der Waals surface area (Å²) in [6.45, 7) is 2.81. The molecule has 112 valence electrons. The van der Waals surface area contributed by atoms with Gasteiger partial charge < -0.3 is 15.7 Å². The zero-order valence-electron chi connectivity index (χ0n) is 11.9. The van der Waals surface area contributed by atoms with E-state index in [2.05, 4.69) is 12.1 Å². The van der Waals surface area contributed by atoms with Gasteiger partial charge >= 0.3 is 0 Å². The minimum Gasteiger partial charge on any atom is -0.493 e. The number of ether oxygens (including phenoxy) is 1. The summed E-state index contributed by atoms with van der Waals surface area (Å²) < 4.78 is 5.69. The first-order valence-electron chi connectivity index (χ1n) is 7.10. The van der Waals surface area contributed by atoms with Gasteiger partial charge in [0.25, 0.3) is 0 Å². The van der Waals surface area contributed by atoms with Gasteiger partial charge in [0.15, 0.2) is 5.84 Å². The maximum Gasteiger partial charge on any atom is 0.175 e. The van der Waals surface area contributed by atoms with Crippen LogP contribution in [0.5, 0.6) is 5.75 Å². The van der Waals surface area contributed by atoms with Gasteiger partial charge in [0.05, 0.1) is 17.2 Å². The third-order valence-electron chi connectivity index (χ3n) is 3.09. The SMILES string of the molecule is CCCCCCCCOc1cccc(Cl)c1C(N)=NO. The zero-order valence-corrected chi connectivity index (χ0v) is 12.7. The van der Waals surface area contributed by atoms with E-state index < -0.39 is 0 Å². The van der Waals surface area contributed by atoms with Crippen LogP contribution in [0, 0.1) is 0 Å². The number of hydrogen-bond donors (Lipinski definition) is 2. The van der Waals surface area contributed by atoms with Crippen molar-refractivity contribution < 1.29 is 9.94 Å². The van der Waals surface area contributed by atoms with E-state index in [4.69, 9.17) is 27.3 Å². The number of rotatable bonds is 9. The minimum atomic E-state index is -0.0338. The molecular weight excluding hydrogens is 276 g/mol. The summed E-state index contributed by atoms with van der Waals surface area (Å²) in [6, 6.07) is 5.25. The summed E-state index contributed by atoms with van der Waals surface area (Å²) in [5, 5.41) is 12.2. The van der Waals surface area contributed by atoms with Crippen LogP contribution >= 0.6 is 11.6 Å². The highest BCUT2D eigenvalue weighted by Gasteiger charge is 2.12. The van der Waals surface area contributed by atoms with Crippen LogP contribution < -0.4 is 10.5 Å². The number of benzene rings is 1. The second-order valence-corrected chi connectivity index (χ2v) is 5.12. The molecule has 0 aliphatic carbocycles. The lowest BCUT2D eigenvalue weighted by atomic mass is 10.1. The molecule has 0 unspecified atom stereocenters. The van der Waals surface area contributed by atoms with Crippen molar-refractivity contribution in [2.45, 2.75) is 45.4 Å². The van der Waals surface area contributed by atoms with Crippen molar-refractivity contribution in [3.63, 3.8) is 0 Å². The molecule has 0 amide bonds. The summed E-state index contributed by atoms with van der Waals surface area (Å²) in [5.41, 5.74) is 6.06. The van der Waals surface area contributed by atoms with Crippen molar-refractivity contribution in [2.75, 3.05) is 6.61 Å². The molecule has 0 saturated carbocycles. The minimum absolute atomic E-state index is 0.0338. The quantitative estimate of drug-likeness (QED) is 0.236. The summed E-state index contributed by atoms with van der Waals surface area (Å²) in [4.78, 5) is 0. The Balaban J connectivity index is 2.46. The normalized spacial score (nSPS) is 11.6. The molecule has 0 bridgehead atoms. The van der Waals surface area contributed by atoms with Gasteiger partial charge in [-0.2, -0.15) is 0 Å². The van der Waals surface area contributed by atoms with Crippen LogP contribution in [0.25, 0.3) is 0 Å². The number of amidine groups is 1. The second-order valence-electron chi connectivity index (χ2n) is 4.71. The molecule has 5 heteroatoms. The first-order valence-corrected chi connectivity index (χ1v) is 7.47. The number of nitrogens with zero attached hydrogens (tertiary/aromatic N) is 1. The standard InChI is InChI=1S/C15H23ClN2O2/c1-2-3-4-5-6-7-11-20-13-10-8-9-12(16)14(13)15(17)18-19/h8-10,19H,2-7,11H2,1H3,(H2,17,18). The lowest BCUT2D eigenvalue weighted by Gasteiger charge is -2.11. The molecule has 0 spiro atoms. The molecule has 0 atom stereocenters. The topological polar surface area (TPSA) is 67.8 Å². The van der Waals surface area contributed by atoms with Gasteiger partial charge in [-0.3, -0.25) is 0 Å². The van der Waals surface area contributed by atoms with E-state index in [0.717, 1.165) is 12.8 Å². The van der Waals surface area contributed by atoms with E-state index in [0.29, 0.717) is 22.9 Å². The summed E-state index contributed by atoms with van der Waals surface area (Å²) in [6.07, 6.45) is 7.21. The Morgan fingerprint density at radius 3 is 2.65 bits per heavy atom. The predicted molar refractivity (Wildman–Crippen MR) is 82.8 cm³/mol. The molecule has 0 radical (unpaired) electrons. The van der Waals surface area contributed by atoms with Crippen molar-refractivity contribution in [2.24, 2.45) is 10.9 Å². The van der Waals surface area contributed by atoms with Crippen molar-refractivity contribution in [3.8, 4) is 5.75 Å². The monoisotopic (exact) mass is 298 g/mol. The highest BCUT2D eigenvalue weighted by atomic mass is 35.5. The number of hydrogen-bond acceptors (Lipinski definition) is 3. The van der Waals surface area contributed by atoms with Gasteiger partial charge in [0, 0.05) is 0 Å². The first kappa shape index (κ1) is 16.6. The maximum absolute atomic E-state index is 8.78. The average Bonchev–Trinajstić information content (AvgIpc) is 2.45. The smallest absolute Gasteiger partial charge is 0.175 e. The van der Waals surface area contributed by atoms with Crippen LogP contribution in [0.1, 0.15) is 51.0 Å². The Kier molecular flexibility index (Phi) is 7.88. The summed E-state index contributed by atoms with van der Waals surface area (Å²) in [5.74, 6) is 0.523. The molecule has 1 aromatic carbocycles. The fourth-order valence-electron chi connectivity index (χ4n) is 1.99. The lowest BCUT2D eigenvalue weighted by Crippen LogP contribution is -2.15. The van der Waals surface area contributed by atoms with Crippen LogP contribution in [-0.2, 0) is 0 Å². The first-order chi connectivity index (χ1) is 9.70. The lowest BCUT2D eigenvalue weighted by molar-refractivity contribution is 0.302. The molecular formula is C15H23ClN2O2. The van der Waals surface area contributed by atoms with Crippen molar-refractivity contribution in [1.82, 2.24) is 0 Å². The van der Waals surface area contributed by atoms with E-state index in [-0.39, 0.29) is 5.84 Å². The van der Waals surface area contributed by atoms with Crippen LogP contribution in [0.3, 0.4) is 0 Å². The van der Waals surface area contributed by atoms with E-state index in [1.54, 1.807) is 18.2 Å². The Hall–Kier alpha value is -1.42. The Morgan fingerprint density at radius 2 is 1.95 bits per heavy atom. The Bertz CT molecular complexity index is 436. The van der Waals surface area contributed by atoms with Gasteiger partial charge in [-0.25, -0.2) is 0 Å². The average molecular weight is 299 g/mol. The Labute approximate surface area is 125 Å².